The molecular weight excluding hydrogens is 238 g/mol. The first kappa shape index (κ1) is 17.0. The minimum Gasteiger partial charge on any atom is -0.377 e. The molecule has 1 atom stereocenters. The molecule has 7 heteroatoms. The average molecular weight is 265 g/mol. The minimum atomic E-state index is -2.42. The van der Waals surface area contributed by atoms with Gasteiger partial charge in [0, 0.05) is 53.0 Å². The van der Waals surface area contributed by atoms with Crippen LogP contribution in [-0.2, 0) is 13.3 Å². The molecule has 0 aromatic carbocycles. The molecule has 0 aliphatic heterocycles. The summed E-state index contributed by atoms with van der Waals surface area (Å²) in [7, 11) is 2.46. The van der Waals surface area contributed by atoms with E-state index in [0.717, 1.165) is 32.0 Å². The largest absolute Gasteiger partial charge is 0.500 e. The molecule has 0 heterocycles. The van der Waals surface area contributed by atoms with Gasteiger partial charge in [-0.25, -0.2) is 0 Å². The number of nitrogens with one attached hydrogen (secondary N) is 1. The van der Waals surface area contributed by atoms with Gasteiger partial charge in [-0.15, -0.1) is 0 Å². The second-order valence-corrected chi connectivity index (χ2v) is 7.03. The molecule has 0 saturated carbocycles. The van der Waals surface area contributed by atoms with Crippen molar-refractivity contribution in [3.63, 3.8) is 0 Å². The molecule has 0 aliphatic rings. The molecule has 1 unspecified atom stereocenters. The molecule has 104 valence electrons. The van der Waals surface area contributed by atoms with Gasteiger partial charge in [0.05, 0.1) is 0 Å². The SMILES string of the molecule is CO[Si](CCCC(N)CNCCN)(OC)OC. The summed E-state index contributed by atoms with van der Waals surface area (Å²) in [6.45, 7) is 2.24. The Morgan fingerprint density at radius 3 is 2.24 bits per heavy atom. The van der Waals surface area contributed by atoms with E-state index in [1.54, 1.807) is 21.3 Å². The van der Waals surface area contributed by atoms with Crippen LogP contribution in [0.1, 0.15) is 12.8 Å². The van der Waals surface area contributed by atoms with Gasteiger partial charge in [-0.3, -0.25) is 0 Å². The van der Waals surface area contributed by atoms with Crippen molar-refractivity contribution < 1.29 is 13.3 Å². The fourth-order valence-corrected chi connectivity index (χ4v) is 3.38. The van der Waals surface area contributed by atoms with E-state index in [2.05, 4.69) is 5.32 Å². The van der Waals surface area contributed by atoms with Crippen LogP contribution in [0.2, 0.25) is 6.04 Å². The number of hydrogen-bond donors (Lipinski definition) is 3. The van der Waals surface area contributed by atoms with E-state index in [0.29, 0.717) is 6.54 Å². The molecule has 5 N–H and O–H groups in total. The molecule has 0 radical (unpaired) electrons. The quantitative estimate of drug-likeness (QED) is 0.345. The third kappa shape index (κ3) is 7.09. The van der Waals surface area contributed by atoms with E-state index in [4.69, 9.17) is 24.7 Å². The van der Waals surface area contributed by atoms with E-state index in [1.807, 2.05) is 0 Å². The van der Waals surface area contributed by atoms with Gasteiger partial charge in [-0.05, 0) is 12.8 Å². The van der Waals surface area contributed by atoms with Crippen molar-refractivity contribution in [3.8, 4) is 0 Å². The highest BCUT2D eigenvalue weighted by atomic mass is 28.4. The van der Waals surface area contributed by atoms with E-state index in [-0.39, 0.29) is 6.04 Å². The summed E-state index contributed by atoms with van der Waals surface area (Å²) in [6.07, 6.45) is 1.86. The van der Waals surface area contributed by atoms with Crippen LogP contribution in [0.4, 0.5) is 0 Å². The van der Waals surface area contributed by atoms with Gasteiger partial charge < -0.3 is 30.1 Å². The van der Waals surface area contributed by atoms with Crippen LogP contribution in [0.5, 0.6) is 0 Å². The zero-order valence-electron chi connectivity index (χ0n) is 11.2. The maximum Gasteiger partial charge on any atom is 0.500 e. The summed E-state index contributed by atoms with van der Waals surface area (Å²) in [5.74, 6) is 0. The topological polar surface area (TPSA) is 91.8 Å². The lowest BCUT2D eigenvalue weighted by Crippen LogP contribution is -2.43. The zero-order chi connectivity index (χ0) is 13.1. The summed E-state index contributed by atoms with van der Waals surface area (Å²) in [5.41, 5.74) is 11.3. The Hall–Kier alpha value is -0.0231. The molecule has 0 saturated heterocycles. The van der Waals surface area contributed by atoms with Crippen molar-refractivity contribution in [3.05, 3.63) is 0 Å². The number of rotatable bonds is 11. The van der Waals surface area contributed by atoms with Crippen molar-refractivity contribution in [2.45, 2.75) is 24.9 Å². The van der Waals surface area contributed by atoms with E-state index in [1.165, 1.54) is 0 Å². The normalized spacial score (nSPS) is 13.9. The third-order valence-corrected chi connectivity index (χ3v) is 5.55. The van der Waals surface area contributed by atoms with Crippen LogP contribution in [0.15, 0.2) is 0 Å². The van der Waals surface area contributed by atoms with Crippen molar-refractivity contribution in [2.24, 2.45) is 11.5 Å². The lowest BCUT2D eigenvalue weighted by atomic mass is 10.2. The standard InChI is InChI=1S/C10H27N3O3Si/c1-14-17(15-2,16-3)8-4-5-10(12)9-13-7-6-11/h10,13H,4-9,11-12H2,1-3H3. The summed E-state index contributed by atoms with van der Waals surface area (Å²) >= 11 is 0. The van der Waals surface area contributed by atoms with Crippen LogP contribution in [0, 0.1) is 0 Å². The maximum absolute atomic E-state index is 5.96. The Morgan fingerprint density at radius 2 is 1.76 bits per heavy atom. The summed E-state index contributed by atoms with van der Waals surface area (Å²) in [5, 5.41) is 3.19. The summed E-state index contributed by atoms with van der Waals surface area (Å²) in [6, 6.07) is 0.931. The second kappa shape index (κ2) is 9.95. The monoisotopic (exact) mass is 265 g/mol. The number of hydrogen-bond acceptors (Lipinski definition) is 6. The van der Waals surface area contributed by atoms with E-state index >= 15 is 0 Å². The fourth-order valence-electron chi connectivity index (χ4n) is 1.63. The van der Waals surface area contributed by atoms with Gasteiger partial charge in [0.2, 0.25) is 0 Å². The lowest BCUT2D eigenvalue weighted by molar-refractivity contribution is 0.122. The molecule has 0 bridgehead atoms. The van der Waals surface area contributed by atoms with Crippen LogP contribution >= 0.6 is 0 Å². The summed E-state index contributed by atoms with van der Waals surface area (Å²) in [4.78, 5) is 0. The molecule has 0 fully saturated rings. The Labute approximate surface area is 105 Å². The Bertz CT molecular complexity index is 174. The predicted molar refractivity (Wildman–Crippen MR) is 70.7 cm³/mol. The fraction of sp³-hybridized carbons (Fsp3) is 1.00. The van der Waals surface area contributed by atoms with Crippen LogP contribution in [0.3, 0.4) is 0 Å². The van der Waals surface area contributed by atoms with Gasteiger partial charge >= 0.3 is 8.80 Å². The van der Waals surface area contributed by atoms with Gasteiger partial charge in [0.25, 0.3) is 0 Å². The van der Waals surface area contributed by atoms with Crippen molar-refractivity contribution in [1.29, 1.82) is 0 Å². The van der Waals surface area contributed by atoms with Crippen molar-refractivity contribution in [2.75, 3.05) is 41.0 Å². The molecule has 0 rings (SSSR count). The maximum atomic E-state index is 5.96. The molecular formula is C10H27N3O3Si. The second-order valence-electron chi connectivity index (χ2n) is 3.94. The first-order valence-electron chi connectivity index (χ1n) is 5.96. The first-order chi connectivity index (χ1) is 8.14. The first-order valence-corrected chi connectivity index (χ1v) is 7.89. The molecule has 0 aromatic heterocycles. The van der Waals surface area contributed by atoms with Gasteiger partial charge in [-0.2, -0.15) is 0 Å². The van der Waals surface area contributed by atoms with Crippen molar-refractivity contribution >= 4 is 8.80 Å². The zero-order valence-corrected chi connectivity index (χ0v) is 12.2. The predicted octanol–water partition coefficient (Wildman–Crippen LogP) is -0.480. The highest BCUT2D eigenvalue weighted by Crippen LogP contribution is 2.16. The third-order valence-electron chi connectivity index (χ3n) is 2.72. The Balaban J connectivity index is 3.73. The van der Waals surface area contributed by atoms with Crippen LogP contribution in [0.25, 0.3) is 0 Å². The van der Waals surface area contributed by atoms with Gasteiger partial charge in [0.15, 0.2) is 0 Å². The molecule has 0 aromatic rings. The van der Waals surface area contributed by atoms with Crippen LogP contribution < -0.4 is 16.8 Å². The molecule has 0 amide bonds. The smallest absolute Gasteiger partial charge is 0.377 e. The minimum absolute atomic E-state index is 0.138. The molecule has 0 aliphatic carbocycles. The van der Waals surface area contributed by atoms with E-state index < -0.39 is 8.80 Å². The van der Waals surface area contributed by atoms with Crippen molar-refractivity contribution in [1.82, 2.24) is 5.32 Å². The summed E-state index contributed by atoms with van der Waals surface area (Å²) < 4.78 is 16.0. The van der Waals surface area contributed by atoms with Gasteiger partial charge in [0.1, 0.15) is 0 Å². The molecule has 0 spiro atoms. The van der Waals surface area contributed by atoms with Gasteiger partial charge in [-0.1, -0.05) is 0 Å². The van der Waals surface area contributed by atoms with Crippen LogP contribution in [-0.4, -0.2) is 55.8 Å². The molecule has 17 heavy (non-hydrogen) atoms. The lowest BCUT2D eigenvalue weighted by Gasteiger charge is -2.24. The highest BCUT2D eigenvalue weighted by Gasteiger charge is 2.36. The Kier molecular flexibility index (Phi) is 9.94. The number of nitrogens with two attached hydrogens (primary N) is 2. The molecule has 6 nitrogen and oxygen atoms in total. The average Bonchev–Trinajstić information content (AvgIpc) is 2.36. The van der Waals surface area contributed by atoms with E-state index in [9.17, 15) is 0 Å². The highest BCUT2D eigenvalue weighted by molar-refractivity contribution is 6.60. The Morgan fingerprint density at radius 1 is 1.18 bits per heavy atom.